The van der Waals surface area contributed by atoms with Crippen molar-refractivity contribution in [1.82, 2.24) is 0 Å². The van der Waals surface area contributed by atoms with Crippen LogP contribution in [0.1, 0.15) is 11.1 Å². The second-order valence-electron chi connectivity index (χ2n) is 5.79. The SMILES string of the molecule is COc1ccc(/C=C/c2ccc(-c3ccc(OC)c(F)c3F)cc2)c(F)c1. The molecule has 0 unspecified atom stereocenters. The van der Waals surface area contributed by atoms with Crippen LogP contribution in [0.3, 0.4) is 0 Å². The van der Waals surface area contributed by atoms with Gasteiger partial charge in [-0.15, -0.1) is 0 Å². The van der Waals surface area contributed by atoms with E-state index in [1.54, 1.807) is 48.6 Å². The molecular weight excluding hydrogens is 353 g/mol. The molecule has 0 spiro atoms. The summed E-state index contributed by atoms with van der Waals surface area (Å²) in [6, 6.07) is 14.3. The first-order valence-electron chi connectivity index (χ1n) is 8.17. The van der Waals surface area contributed by atoms with Crippen LogP contribution in [-0.2, 0) is 0 Å². The molecule has 138 valence electrons. The van der Waals surface area contributed by atoms with Crippen LogP contribution in [0.25, 0.3) is 23.3 Å². The molecule has 0 bridgehead atoms. The molecule has 0 amide bonds. The Morgan fingerprint density at radius 1 is 0.741 bits per heavy atom. The van der Waals surface area contributed by atoms with Crippen LogP contribution in [0.15, 0.2) is 54.6 Å². The predicted octanol–water partition coefficient (Wildman–Crippen LogP) is 5.96. The number of benzene rings is 3. The summed E-state index contributed by atoms with van der Waals surface area (Å²) in [5.41, 5.74) is 1.89. The van der Waals surface area contributed by atoms with Gasteiger partial charge in [-0.1, -0.05) is 36.4 Å². The van der Waals surface area contributed by atoms with Crippen molar-refractivity contribution in [2.45, 2.75) is 0 Å². The van der Waals surface area contributed by atoms with Gasteiger partial charge in [-0.25, -0.2) is 8.78 Å². The van der Waals surface area contributed by atoms with Crippen LogP contribution in [0.4, 0.5) is 13.2 Å². The number of halogens is 3. The van der Waals surface area contributed by atoms with Crippen molar-refractivity contribution >= 4 is 12.2 Å². The van der Waals surface area contributed by atoms with Crippen molar-refractivity contribution in [3.05, 3.63) is 83.2 Å². The second kappa shape index (κ2) is 7.99. The monoisotopic (exact) mass is 370 g/mol. The lowest BCUT2D eigenvalue weighted by Gasteiger charge is -2.08. The van der Waals surface area contributed by atoms with Crippen molar-refractivity contribution in [2.75, 3.05) is 14.2 Å². The molecule has 0 aliphatic heterocycles. The van der Waals surface area contributed by atoms with E-state index < -0.39 is 17.5 Å². The van der Waals surface area contributed by atoms with Crippen LogP contribution in [-0.4, -0.2) is 14.2 Å². The molecule has 0 radical (unpaired) electrons. The van der Waals surface area contributed by atoms with E-state index in [0.717, 1.165) is 5.56 Å². The maximum absolute atomic E-state index is 14.2. The average molecular weight is 370 g/mol. The Bertz CT molecular complexity index is 980. The summed E-state index contributed by atoms with van der Waals surface area (Å²) < 4.78 is 51.8. The smallest absolute Gasteiger partial charge is 0.201 e. The van der Waals surface area contributed by atoms with Gasteiger partial charge in [0.1, 0.15) is 11.6 Å². The van der Waals surface area contributed by atoms with E-state index in [2.05, 4.69) is 0 Å². The van der Waals surface area contributed by atoms with Gasteiger partial charge in [0.05, 0.1) is 14.2 Å². The number of hydrogen-bond donors (Lipinski definition) is 0. The van der Waals surface area contributed by atoms with E-state index >= 15 is 0 Å². The van der Waals surface area contributed by atoms with Crippen molar-refractivity contribution in [3.63, 3.8) is 0 Å². The van der Waals surface area contributed by atoms with E-state index in [0.29, 0.717) is 16.9 Å². The first kappa shape index (κ1) is 18.6. The fourth-order valence-corrected chi connectivity index (χ4v) is 2.64. The van der Waals surface area contributed by atoms with E-state index in [1.807, 2.05) is 0 Å². The number of rotatable bonds is 5. The molecule has 2 nitrogen and oxygen atoms in total. The molecule has 5 heteroatoms. The van der Waals surface area contributed by atoms with Gasteiger partial charge in [0.15, 0.2) is 11.6 Å². The van der Waals surface area contributed by atoms with Gasteiger partial charge in [-0.3, -0.25) is 0 Å². The van der Waals surface area contributed by atoms with Crippen molar-refractivity contribution in [3.8, 4) is 22.6 Å². The van der Waals surface area contributed by atoms with Crippen molar-refractivity contribution < 1.29 is 22.6 Å². The molecule has 0 aliphatic rings. The quantitative estimate of drug-likeness (QED) is 0.516. The molecule has 0 aliphatic carbocycles. The molecule has 0 atom stereocenters. The molecule has 3 aromatic carbocycles. The maximum Gasteiger partial charge on any atom is 0.201 e. The molecule has 0 N–H and O–H groups in total. The second-order valence-corrected chi connectivity index (χ2v) is 5.79. The fraction of sp³-hybridized carbons (Fsp3) is 0.0909. The third-order valence-electron chi connectivity index (χ3n) is 4.15. The highest BCUT2D eigenvalue weighted by Gasteiger charge is 2.14. The van der Waals surface area contributed by atoms with Gasteiger partial charge in [-0.05, 0) is 35.4 Å². The molecule has 0 saturated heterocycles. The minimum absolute atomic E-state index is 0.141. The van der Waals surface area contributed by atoms with Crippen LogP contribution in [0.5, 0.6) is 11.5 Å². The summed E-state index contributed by atoms with van der Waals surface area (Å²) in [5, 5.41) is 0. The Morgan fingerprint density at radius 3 is 2.11 bits per heavy atom. The maximum atomic E-state index is 14.2. The van der Waals surface area contributed by atoms with Gasteiger partial charge < -0.3 is 9.47 Å². The highest BCUT2D eigenvalue weighted by atomic mass is 19.2. The molecule has 0 saturated carbocycles. The highest BCUT2D eigenvalue weighted by molar-refractivity contribution is 5.73. The molecule has 27 heavy (non-hydrogen) atoms. The molecule has 3 rings (SSSR count). The molecule has 0 heterocycles. The summed E-state index contributed by atoms with van der Waals surface area (Å²) in [7, 11) is 2.76. The van der Waals surface area contributed by atoms with Crippen molar-refractivity contribution in [2.24, 2.45) is 0 Å². The third-order valence-corrected chi connectivity index (χ3v) is 4.15. The zero-order chi connectivity index (χ0) is 19.4. The standard InChI is InChI=1S/C22H17F3O2/c1-26-17-10-9-16(19(23)13-17)8-5-14-3-6-15(7-4-14)18-11-12-20(27-2)22(25)21(18)24/h3-13H,1-2H3/b8-5+. The zero-order valence-corrected chi connectivity index (χ0v) is 14.8. The van der Waals surface area contributed by atoms with Crippen LogP contribution in [0, 0.1) is 17.5 Å². The lowest BCUT2D eigenvalue weighted by atomic mass is 10.0. The van der Waals surface area contributed by atoms with Gasteiger partial charge in [0.2, 0.25) is 5.82 Å². The Morgan fingerprint density at radius 2 is 1.48 bits per heavy atom. The number of hydrogen-bond acceptors (Lipinski definition) is 2. The lowest BCUT2D eigenvalue weighted by molar-refractivity contribution is 0.372. The Labute approximate surface area is 155 Å². The van der Waals surface area contributed by atoms with E-state index in [-0.39, 0.29) is 11.3 Å². The van der Waals surface area contributed by atoms with E-state index in [1.165, 1.54) is 32.4 Å². The summed E-state index contributed by atoms with van der Waals surface area (Å²) in [6.07, 6.45) is 3.37. The molecule has 3 aromatic rings. The van der Waals surface area contributed by atoms with Crippen molar-refractivity contribution in [1.29, 1.82) is 0 Å². The van der Waals surface area contributed by atoms with Gasteiger partial charge in [-0.2, -0.15) is 4.39 Å². The summed E-state index contributed by atoms with van der Waals surface area (Å²) in [5.74, 6) is -2.06. The van der Waals surface area contributed by atoms with Crippen LogP contribution in [0.2, 0.25) is 0 Å². The molecule has 0 aromatic heterocycles. The normalized spacial score (nSPS) is 11.0. The fourth-order valence-electron chi connectivity index (χ4n) is 2.64. The third kappa shape index (κ3) is 3.97. The zero-order valence-electron chi connectivity index (χ0n) is 14.8. The molecule has 0 fully saturated rings. The minimum Gasteiger partial charge on any atom is -0.497 e. The molecular formula is C22H17F3O2. The summed E-state index contributed by atoms with van der Waals surface area (Å²) in [4.78, 5) is 0. The van der Waals surface area contributed by atoms with Gasteiger partial charge in [0.25, 0.3) is 0 Å². The van der Waals surface area contributed by atoms with Crippen LogP contribution >= 0.6 is 0 Å². The number of methoxy groups -OCH3 is 2. The summed E-state index contributed by atoms with van der Waals surface area (Å²) >= 11 is 0. The highest BCUT2D eigenvalue weighted by Crippen LogP contribution is 2.30. The largest absolute Gasteiger partial charge is 0.497 e. The Balaban J connectivity index is 1.83. The predicted molar refractivity (Wildman–Crippen MR) is 100 cm³/mol. The van der Waals surface area contributed by atoms with E-state index in [4.69, 9.17) is 9.47 Å². The summed E-state index contributed by atoms with van der Waals surface area (Å²) in [6.45, 7) is 0. The Kier molecular flexibility index (Phi) is 5.50. The Hall–Kier alpha value is -3.21. The lowest BCUT2D eigenvalue weighted by Crippen LogP contribution is -1.94. The number of ether oxygens (including phenoxy) is 2. The van der Waals surface area contributed by atoms with E-state index in [9.17, 15) is 13.2 Å². The first-order chi connectivity index (χ1) is 13.0. The van der Waals surface area contributed by atoms with Gasteiger partial charge in [0, 0.05) is 17.2 Å². The minimum atomic E-state index is -1.02. The van der Waals surface area contributed by atoms with Crippen LogP contribution < -0.4 is 9.47 Å². The first-order valence-corrected chi connectivity index (χ1v) is 8.17. The van der Waals surface area contributed by atoms with Gasteiger partial charge >= 0.3 is 0 Å². The topological polar surface area (TPSA) is 18.5 Å². The average Bonchev–Trinajstić information content (AvgIpc) is 2.69.